The zero-order chi connectivity index (χ0) is 21.0. The minimum Gasteiger partial charge on any atom is -0.251 e. The first-order valence-electron chi connectivity index (χ1n) is 14.4. The number of unbranched alkanes of at least 4 members (excludes halogenated alkanes) is 6. The summed E-state index contributed by atoms with van der Waals surface area (Å²) in [6.07, 6.45) is 30.3. The average Bonchev–Trinajstić information content (AvgIpc) is 2.80. The standard InChI is InChI=1S/C29H53F/c1-2-3-4-5-6-7-8-9-24-10-14-26(15-11-24)28-18-20-29(21-19-28)27-16-12-25(13-17-27)22-23-30/h24-29H,2-23H2,1H3. The van der Waals surface area contributed by atoms with Crippen molar-refractivity contribution in [3.63, 3.8) is 0 Å². The average molecular weight is 421 g/mol. The van der Waals surface area contributed by atoms with Gasteiger partial charge in [0.05, 0.1) is 6.67 Å². The van der Waals surface area contributed by atoms with Gasteiger partial charge in [0.25, 0.3) is 0 Å². The summed E-state index contributed by atoms with van der Waals surface area (Å²) in [6, 6.07) is 0. The lowest BCUT2D eigenvalue weighted by molar-refractivity contribution is 0.101. The molecule has 0 saturated heterocycles. The maximum Gasteiger partial charge on any atom is 0.0897 e. The summed E-state index contributed by atoms with van der Waals surface area (Å²) in [5, 5.41) is 0. The first-order valence-corrected chi connectivity index (χ1v) is 14.4. The van der Waals surface area contributed by atoms with Gasteiger partial charge in [-0.1, -0.05) is 84.0 Å². The Morgan fingerprint density at radius 2 is 0.833 bits per heavy atom. The second kappa shape index (κ2) is 14.2. The fraction of sp³-hybridized carbons (Fsp3) is 1.00. The number of alkyl halides is 1. The van der Waals surface area contributed by atoms with Gasteiger partial charge in [0, 0.05) is 0 Å². The Morgan fingerprint density at radius 1 is 0.467 bits per heavy atom. The van der Waals surface area contributed by atoms with Crippen LogP contribution in [0.5, 0.6) is 0 Å². The van der Waals surface area contributed by atoms with Gasteiger partial charge in [-0.15, -0.1) is 0 Å². The van der Waals surface area contributed by atoms with Crippen LogP contribution in [0.2, 0.25) is 0 Å². The molecule has 0 radical (unpaired) electrons. The van der Waals surface area contributed by atoms with Crippen molar-refractivity contribution in [2.24, 2.45) is 35.5 Å². The van der Waals surface area contributed by atoms with Gasteiger partial charge < -0.3 is 0 Å². The van der Waals surface area contributed by atoms with Gasteiger partial charge in [-0.05, 0) is 93.3 Å². The van der Waals surface area contributed by atoms with Crippen molar-refractivity contribution < 1.29 is 4.39 Å². The van der Waals surface area contributed by atoms with Crippen LogP contribution in [0.1, 0.15) is 142 Å². The van der Waals surface area contributed by atoms with Crippen LogP contribution < -0.4 is 0 Å². The predicted molar refractivity (Wildman–Crippen MR) is 130 cm³/mol. The number of hydrogen-bond donors (Lipinski definition) is 0. The molecule has 0 bridgehead atoms. The maximum atomic E-state index is 12.6. The molecule has 3 rings (SSSR count). The molecule has 1 heteroatoms. The van der Waals surface area contributed by atoms with Crippen LogP contribution in [-0.2, 0) is 0 Å². The largest absolute Gasteiger partial charge is 0.251 e. The third-order valence-electron chi connectivity index (χ3n) is 9.67. The molecule has 0 aliphatic heterocycles. The molecule has 0 N–H and O–H groups in total. The second-order valence-corrected chi connectivity index (χ2v) is 11.6. The molecule has 3 fully saturated rings. The van der Waals surface area contributed by atoms with Gasteiger partial charge in [-0.2, -0.15) is 0 Å². The molecule has 0 nitrogen and oxygen atoms in total. The second-order valence-electron chi connectivity index (χ2n) is 11.6. The van der Waals surface area contributed by atoms with Crippen molar-refractivity contribution in [2.45, 2.75) is 142 Å². The van der Waals surface area contributed by atoms with Crippen LogP contribution in [0.25, 0.3) is 0 Å². The van der Waals surface area contributed by atoms with Gasteiger partial charge in [-0.3, -0.25) is 4.39 Å². The normalized spacial score (nSPS) is 35.4. The fourth-order valence-electron chi connectivity index (χ4n) is 7.53. The molecule has 3 saturated carbocycles. The molecule has 3 aliphatic carbocycles. The number of hydrogen-bond acceptors (Lipinski definition) is 0. The van der Waals surface area contributed by atoms with E-state index in [1.807, 2.05) is 0 Å². The van der Waals surface area contributed by atoms with E-state index in [1.54, 1.807) is 25.7 Å². The summed E-state index contributed by atoms with van der Waals surface area (Å²) in [4.78, 5) is 0. The van der Waals surface area contributed by atoms with Crippen molar-refractivity contribution in [3.05, 3.63) is 0 Å². The molecular weight excluding hydrogens is 367 g/mol. The van der Waals surface area contributed by atoms with Crippen molar-refractivity contribution in [1.29, 1.82) is 0 Å². The molecule has 176 valence electrons. The van der Waals surface area contributed by atoms with Crippen LogP contribution in [0, 0.1) is 35.5 Å². The lowest BCUT2D eigenvalue weighted by atomic mass is 9.64. The van der Waals surface area contributed by atoms with Gasteiger partial charge in [0.2, 0.25) is 0 Å². The molecule has 0 aromatic carbocycles. The van der Waals surface area contributed by atoms with E-state index < -0.39 is 0 Å². The summed E-state index contributed by atoms with van der Waals surface area (Å²) < 4.78 is 12.6. The summed E-state index contributed by atoms with van der Waals surface area (Å²) in [7, 11) is 0. The number of rotatable bonds is 12. The Labute approximate surface area is 188 Å². The van der Waals surface area contributed by atoms with Crippen molar-refractivity contribution in [2.75, 3.05) is 6.67 Å². The molecule has 0 atom stereocenters. The van der Waals surface area contributed by atoms with Crippen LogP contribution in [0.4, 0.5) is 4.39 Å². The lowest BCUT2D eigenvalue weighted by Crippen LogP contribution is -2.29. The van der Waals surface area contributed by atoms with E-state index in [0.717, 1.165) is 36.0 Å². The van der Waals surface area contributed by atoms with E-state index in [0.29, 0.717) is 5.92 Å². The van der Waals surface area contributed by atoms with Crippen LogP contribution in [0.15, 0.2) is 0 Å². The third kappa shape index (κ3) is 8.12. The minimum atomic E-state index is -0.0955. The summed E-state index contributed by atoms with van der Waals surface area (Å²) in [6.45, 7) is 2.21. The van der Waals surface area contributed by atoms with Crippen LogP contribution in [0.3, 0.4) is 0 Å². The van der Waals surface area contributed by atoms with Crippen molar-refractivity contribution >= 4 is 0 Å². The Kier molecular flexibility index (Phi) is 11.6. The highest BCUT2D eigenvalue weighted by molar-refractivity contribution is 4.85. The first-order chi connectivity index (χ1) is 14.8. The highest BCUT2D eigenvalue weighted by atomic mass is 19.1. The molecule has 0 amide bonds. The molecule has 30 heavy (non-hydrogen) atoms. The lowest BCUT2D eigenvalue weighted by Gasteiger charge is -2.41. The van der Waals surface area contributed by atoms with E-state index in [9.17, 15) is 4.39 Å². The van der Waals surface area contributed by atoms with Gasteiger partial charge in [0.15, 0.2) is 0 Å². The molecule has 3 aliphatic rings. The molecular formula is C29H53F. The molecule has 0 heterocycles. The van der Waals surface area contributed by atoms with Crippen LogP contribution >= 0.6 is 0 Å². The molecule has 0 unspecified atom stereocenters. The summed E-state index contributed by atoms with van der Waals surface area (Å²) >= 11 is 0. The Balaban J connectivity index is 1.23. The molecule has 0 aromatic rings. The predicted octanol–water partition coefficient (Wildman–Crippen LogP) is 9.91. The smallest absolute Gasteiger partial charge is 0.0897 e. The third-order valence-corrected chi connectivity index (χ3v) is 9.67. The zero-order valence-electron chi connectivity index (χ0n) is 20.4. The van der Waals surface area contributed by atoms with Crippen molar-refractivity contribution in [3.8, 4) is 0 Å². The SMILES string of the molecule is CCCCCCCCCC1CCC(C2CCC(C3CCC(CCF)CC3)CC2)CC1. The zero-order valence-corrected chi connectivity index (χ0v) is 20.4. The minimum absolute atomic E-state index is 0.0955. The van der Waals surface area contributed by atoms with E-state index >= 15 is 0 Å². The summed E-state index contributed by atoms with van der Waals surface area (Å²) in [5.41, 5.74) is 0. The van der Waals surface area contributed by atoms with E-state index in [2.05, 4.69) is 6.92 Å². The molecule has 0 aromatic heterocycles. The Bertz CT molecular complexity index is 408. The van der Waals surface area contributed by atoms with Gasteiger partial charge >= 0.3 is 0 Å². The Hall–Kier alpha value is -0.0700. The number of halogens is 1. The molecule has 0 spiro atoms. The van der Waals surface area contributed by atoms with Crippen LogP contribution in [-0.4, -0.2) is 6.67 Å². The highest BCUT2D eigenvalue weighted by Gasteiger charge is 2.34. The van der Waals surface area contributed by atoms with Crippen molar-refractivity contribution in [1.82, 2.24) is 0 Å². The van der Waals surface area contributed by atoms with Gasteiger partial charge in [-0.25, -0.2) is 0 Å². The summed E-state index contributed by atoms with van der Waals surface area (Å²) in [5.74, 6) is 5.90. The Morgan fingerprint density at radius 3 is 1.27 bits per heavy atom. The maximum absolute atomic E-state index is 12.6. The first kappa shape index (κ1) is 24.6. The topological polar surface area (TPSA) is 0 Å². The van der Waals surface area contributed by atoms with E-state index in [-0.39, 0.29) is 6.67 Å². The monoisotopic (exact) mass is 420 g/mol. The quantitative estimate of drug-likeness (QED) is 0.275. The fourth-order valence-corrected chi connectivity index (χ4v) is 7.53. The highest BCUT2D eigenvalue weighted by Crippen LogP contribution is 2.46. The van der Waals surface area contributed by atoms with E-state index in [4.69, 9.17) is 0 Å². The van der Waals surface area contributed by atoms with E-state index in [1.165, 1.54) is 103 Å². The van der Waals surface area contributed by atoms with Gasteiger partial charge in [0.1, 0.15) is 0 Å².